The van der Waals surface area contributed by atoms with E-state index < -0.39 is 11.4 Å². The minimum absolute atomic E-state index is 0.0620. The number of ether oxygens (including phenoxy) is 2. The average Bonchev–Trinajstić information content (AvgIpc) is 3.36. The number of anilines is 1. The zero-order chi connectivity index (χ0) is 28.2. The van der Waals surface area contributed by atoms with Crippen LogP contribution in [0.3, 0.4) is 0 Å². The highest BCUT2D eigenvalue weighted by Gasteiger charge is 2.64. The highest BCUT2D eigenvalue weighted by atomic mass is 16.5. The van der Waals surface area contributed by atoms with Gasteiger partial charge in [0.2, 0.25) is 5.76 Å². The van der Waals surface area contributed by atoms with E-state index in [1.54, 1.807) is 43.4 Å². The topological polar surface area (TPSA) is 89.3 Å². The van der Waals surface area contributed by atoms with E-state index in [4.69, 9.17) is 13.9 Å². The van der Waals surface area contributed by atoms with Crippen molar-refractivity contribution in [3.8, 4) is 11.5 Å². The molecular weight excluding hydrogens is 508 g/mol. The SMILES string of the molecule is C=CCN1C(=O)C2(c3ccccc31)c1c(oc3ccc(C)cc3c1=O)C(=O)N2CCc1ccc(OC)c(OC)c1. The summed E-state index contributed by atoms with van der Waals surface area (Å²) in [5, 5.41) is 0.333. The Morgan fingerprint density at radius 1 is 0.975 bits per heavy atom. The molecule has 0 bridgehead atoms. The fourth-order valence-corrected chi connectivity index (χ4v) is 5.99. The molecule has 2 amide bonds. The number of aryl methyl sites for hydroxylation is 1. The van der Waals surface area contributed by atoms with Crippen LogP contribution in [0.4, 0.5) is 5.69 Å². The lowest BCUT2D eigenvalue weighted by Gasteiger charge is -2.34. The lowest BCUT2D eigenvalue weighted by molar-refractivity contribution is -0.125. The highest BCUT2D eigenvalue weighted by Crippen LogP contribution is 2.52. The minimum Gasteiger partial charge on any atom is -0.493 e. The standard InChI is InChI=1S/C32H28N2O6/c1-5-15-33-23-9-7-6-8-22(23)32(31(33)37)27-28(35)21-17-19(2)10-12-24(21)40-29(27)30(36)34(32)16-14-20-11-13-25(38-3)26(18-20)39-4/h5-13,17-18H,1,14-16H2,2-4H3. The summed E-state index contributed by atoms with van der Waals surface area (Å²) in [6, 6.07) is 18.0. The zero-order valence-corrected chi connectivity index (χ0v) is 22.5. The summed E-state index contributed by atoms with van der Waals surface area (Å²) >= 11 is 0. The van der Waals surface area contributed by atoms with Crippen molar-refractivity contribution in [2.24, 2.45) is 0 Å². The number of carbonyl (C=O) groups is 2. The molecule has 40 heavy (non-hydrogen) atoms. The molecule has 8 nitrogen and oxygen atoms in total. The fourth-order valence-electron chi connectivity index (χ4n) is 5.99. The second-order valence-corrected chi connectivity index (χ2v) is 9.96. The molecule has 3 heterocycles. The number of amides is 2. The van der Waals surface area contributed by atoms with Gasteiger partial charge in [-0.3, -0.25) is 14.4 Å². The zero-order valence-electron chi connectivity index (χ0n) is 22.5. The number of nitrogens with zero attached hydrogens (tertiary/aromatic N) is 2. The molecule has 8 heteroatoms. The molecule has 1 atom stereocenters. The summed E-state index contributed by atoms with van der Waals surface area (Å²) in [4.78, 5) is 45.9. The fraction of sp³-hybridized carbons (Fsp3) is 0.219. The van der Waals surface area contributed by atoms with Crippen LogP contribution < -0.4 is 19.8 Å². The van der Waals surface area contributed by atoms with Gasteiger partial charge in [0.05, 0.1) is 30.9 Å². The molecule has 6 rings (SSSR count). The summed E-state index contributed by atoms with van der Waals surface area (Å²) in [5.74, 6) is 0.163. The Hall–Kier alpha value is -4.85. The molecule has 2 aliphatic heterocycles. The molecule has 0 saturated heterocycles. The third-order valence-corrected chi connectivity index (χ3v) is 7.77. The van der Waals surface area contributed by atoms with Gasteiger partial charge in [0.15, 0.2) is 22.5 Å². The van der Waals surface area contributed by atoms with Crippen molar-refractivity contribution >= 4 is 28.5 Å². The molecule has 0 aliphatic carbocycles. The van der Waals surface area contributed by atoms with Crippen molar-refractivity contribution in [1.82, 2.24) is 4.90 Å². The number of carbonyl (C=O) groups excluding carboxylic acids is 2. The smallest absolute Gasteiger partial charge is 0.291 e. The van der Waals surface area contributed by atoms with Gasteiger partial charge in [-0.1, -0.05) is 42.0 Å². The predicted molar refractivity (Wildman–Crippen MR) is 151 cm³/mol. The Morgan fingerprint density at radius 2 is 1.75 bits per heavy atom. The molecular formula is C32H28N2O6. The van der Waals surface area contributed by atoms with Gasteiger partial charge in [0.25, 0.3) is 11.8 Å². The minimum atomic E-state index is -1.67. The molecule has 0 fully saturated rings. The van der Waals surface area contributed by atoms with Gasteiger partial charge in [-0.05, 0) is 49.2 Å². The molecule has 202 valence electrons. The molecule has 1 spiro atoms. The quantitative estimate of drug-likeness (QED) is 0.321. The van der Waals surface area contributed by atoms with Crippen LogP contribution in [0.2, 0.25) is 0 Å². The van der Waals surface area contributed by atoms with E-state index in [2.05, 4.69) is 6.58 Å². The van der Waals surface area contributed by atoms with E-state index in [9.17, 15) is 14.4 Å². The van der Waals surface area contributed by atoms with Crippen LogP contribution >= 0.6 is 0 Å². The molecule has 1 aromatic heterocycles. The maximum absolute atomic E-state index is 14.5. The van der Waals surface area contributed by atoms with Gasteiger partial charge in [-0.25, -0.2) is 0 Å². The van der Waals surface area contributed by atoms with E-state index in [1.165, 1.54) is 4.90 Å². The number of benzene rings is 3. The third-order valence-electron chi connectivity index (χ3n) is 7.77. The first kappa shape index (κ1) is 25.4. The number of para-hydroxylation sites is 1. The summed E-state index contributed by atoms with van der Waals surface area (Å²) in [6.07, 6.45) is 2.02. The molecule has 2 aliphatic rings. The monoisotopic (exact) mass is 536 g/mol. The maximum Gasteiger partial charge on any atom is 0.291 e. The van der Waals surface area contributed by atoms with E-state index >= 15 is 0 Å². The van der Waals surface area contributed by atoms with Crippen molar-refractivity contribution in [2.45, 2.75) is 18.9 Å². The highest BCUT2D eigenvalue weighted by molar-refractivity contribution is 6.17. The summed E-state index contributed by atoms with van der Waals surface area (Å²) in [6.45, 7) is 6.07. The Bertz CT molecular complexity index is 1770. The summed E-state index contributed by atoms with van der Waals surface area (Å²) in [5.41, 5.74) is 1.27. The lowest BCUT2D eigenvalue weighted by Crippen LogP contribution is -2.54. The first-order valence-corrected chi connectivity index (χ1v) is 13.0. The van der Waals surface area contributed by atoms with Crippen LogP contribution in [0.25, 0.3) is 11.0 Å². The molecule has 0 saturated carbocycles. The van der Waals surface area contributed by atoms with Crippen molar-refractivity contribution in [2.75, 3.05) is 32.2 Å². The number of rotatable bonds is 7. The molecule has 0 N–H and O–H groups in total. The first-order chi connectivity index (χ1) is 19.4. The van der Waals surface area contributed by atoms with Gasteiger partial charge < -0.3 is 23.7 Å². The van der Waals surface area contributed by atoms with Gasteiger partial charge >= 0.3 is 0 Å². The number of fused-ring (bicyclic) bond motifs is 5. The van der Waals surface area contributed by atoms with Crippen LogP contribution in [0.1, 0.15) is 32.8 Å². The van der Waals surface area contributed by atoms with Crippen molar-refractivity contribution in [3.63, 3.8) is 0 Å². The second kappa shape index (κ2) is 9.41. The van der Waals surface area contributed by atoms with E-state index in [-0.39, 0.29) is 35.7 Å². The third kappa shape index (κ3) is 3.42. The molecule has 0 radical (unpaired) electrons. The first-order valence-electron chi connectivity index (χ1n) is 13.0. The van der Waals surface area contributed by atoms with Gasteiger partial charge in [0, 0.05) is 18.7 Å². The van der Waals surface area contributed by atoms with Crippen molar-refractivity contribution < 1.29 is 23.5 Å². The largest absolute Gasteiger partial charge is 0.493 e. The van der Waals surface area contributed by atoms with Gasteiger partial charge in [-0.15, -0.1) is 6.58 Å². The van der Waals surface area contributed by atoms with Gasteiger partial charge in [-0.2, -0.15) is 0 Å². The van der Waals surface area contributed by atoms with E-state index in [0.29, 0.717) is 40.1 Å². The van der Waals surface area contributed by atoms with Crippen molar-refractivity contribution in [1.29, 1.82) is 0 Å². The van der Waals surface area contributed by atoms with Crippen molar-refractivity contribution in [3.05, 3.63) is 112 Å². The number of methoxy groups -OCH3 is 2. The Morgan fingerprint density at radius 3 is 2.50 bits per heavy atom. The normalized spacial score (nSPS) is 17.5. The van der Waals surface area contributed by atoms with Crippen LogP contribution in [0.5, 0.6) is 11.5 Å². The number of hydrogen-bond donors (Lipinski definition) is 0. The van der Waals surface area contributed by atoms with Crippen LogP contribution in [-0.2, 0) is 16.8 Å². The Labute approximate surface area is 231 Å². The number of hydrogen-bond acceptors (Lipinski definition) is 6. The van der Waals surface area contributed by atoms with Crippen LogP contribution in [0, 0.1) is 6.92 Å². The van der Waals surface area contributed by atoms with Crippen LogP contribution in [0.15, 0.2) is 82.5 Å². The average molecular weight is 537 g/mol. The molecule has 3 aromatic carbocycles. The molecule has 4 aromatic rings. The Balaban J connectivity index is 1.58. The summed E-state index contributed by atoms with van der Waals surface area (Å²) < 4.78 is 16.9. The van der Waals surface area contributed by atoms with Crippen LogP contribution in [-0.4, -0.2) is 44.0 Å². The maximum atomic E-state index is 14.5. The second-order valence-electron chi connectivity index (χ2n) is 9.96. The van der Waals surface area contributed by atoms with Gasteiger partial charge in [0.1, 0.15) is 5.58 Å². The Kier molecular flexibility index (Phi) is 5.98. The molecule has 1 unspecified atom stereocenters. The summed E-state index contributed by atoms with van der Waals surface area (Å²) in [7, 11) is 3.12. The lowest BCUT2D eigenvalue weighted by atomic mass is 9.83. The predicted octanol–water partition coefficient (Wildman–Crippen LogP) is 4.59. The van der Waals surface area contributed by atoms with E-state index in [0.717, 1.165) is 11.1 Å². The van der Waals surface area contributed by atoms with E-state index in [1.807, 2.05) is 49.4 Å².